The normalized spacial score (nSPS) is 32.3. The van der Waals surface area contributed by atoms with E-state index in [1.807, 2.05) is 0 Å². The summed E-state index contributed by atoms with van der Waals surface area (Å²) in [5.41, 5.74) is 4.32. The van der Waals surface area contributed by atoms with Crippen molar-refractivity contribution in [2.24, 2.45) is 29.4 Å². The molecule has 2 saturated carbocycles. The number of hydrogen-bond donors (Lipinski definition) is 3. The topological polar surface area (TPSA) is 155 Å². The Bertz CT molecular complexity index is 1130. The van der Waals surface area contributed by atoms with Crippen molar-refractivity contribution >= 4 is 29.0 Å². The Labute approximate surface area is 203 Å². The molecule has 0 aromatic heterocycles. The van der Waals surface area contributed by atoms with E-state index < -0.39 is 64.4 Å². The third kappa shape index (κ3) is 3.63. The van der Waals surface area contributed by atoms with Crippen LogP contribution in [-0.2, 0) is 32.0 Å². The molecule has 4 rings (SSSR count). The molecule has 1 amide bonds. The summed E-state index contributed by atoms with van der Waals surface area (Å²) >= 11 is 0. The van der Waals surface area contributed by atoms with E-state index >= 15 is 0 Å². The number of likely N-dealkylation sites (N-methyl/N-ethyl adjacent to an activating group) is 1. The van der Waals surface area contributed by atoms with E-state index in [4.69, 9.17) is 5.73 Å². The number of aliphatic hydroxyl groups is 1. The highest BCUT2D eigenvalue weighted by atomic mass is 16.3. The number of benzene rings is 1. The molecule has 1 aromatic carbocycles. The average Bonchev–Trinajstić information content (AvgIpc) is 2.77. The molecule has 188 valence electrons. The number of nitrogens with zero attached hydrogens (tertiary/aromatic N) is 1. The van der Waals surface area contributed by atoms with Gasteiger partial charge in [0, 0.05) is 5.92 Å². The molecule has 0 radical (unpaired) electrons. The lowest BCUT2D eigenvalue weighted by atomic mass is 9.52. The molecule has 2 fully saturated rings. The number of phenols is 1. The van der Waals surface area contributed by atoms with Crippen molar-refractivity contribution in [3.05, 3.63) is 28.8 Å². The lowest BCUT2D eigenvalue weighted by Gasteiger charge is -2.52. The lowest BCUT2D eigenvalue weighted by Crippen LogP contribution is -2.74. The lowest BCUT2D eigenvalue weighted by molar-refractivity contribution is -0.181. The molecular weight excluding hydrogens is 452 g/mol. The number of unbranched alkanes of at least 4 members (excludes halogenated alkanes) is 2. The molecule has 4 N–H and O–H groups in total. The molecule has 35 heavy (non-hydrogen) atoms. The Hall–Kier alpha value is -2.91. The van der Waals surface area contributed by atoms with Crippen LogP contribution in [0.25, 0.3) is 0 Å². The predicted molar refractivity (Wildman–Crippen MR) is 125 cm³/mol. The van der Waals surface area contributed by atoms with Gasteiger partial charge in [-0.15, -0.1) is 0 Å². The largest absolute Gasteiger partial charge is 0.507 e. The van der Waals surface area contributed by atoms with Crippen molar-refractivity contribution in [2.45, 2.75) is 57.1 Å². The fourth-order valence-electron chi connectivity index (χ4n) is 6.47. The molecule has 9 nitrogen and oxygen atoms in total. The van der Waals surface area contributed by atoms with Crippen LogP contribution in [-0.4, -0.2) is 69.9 Å². The first-order valence-electron chi connectivity index (χ1n) is 12.1. The zero-order valence-electron chi connectivity index (χ0n) is 20.2. The van der Waals surface area contributed by atoms with Crippen LogP contribution in [0, 0.1) is 23.7 Å². The summed E-state index contributed by atoms with van der Waals surface area (Å²) in [6.07, 6.45) is 4.05. The SMILES string of the molecule is CCCCCc1ccc(O)c2c1C[C@H]1C[C@@H]3[C@H](N(C)C)C(=O)C(C(N)=O)C(=O)[C@@]3(O)C(=O)C1C2=O. The number of rotatable bonds is 6. The molecule has 9 heteroatoms. The van der Waals surface area contributed by atoms with Gasteiger partial charge in [-0.2, -0.15) is 0 Å². The summed E-state index contributed by atoms with van der Waals surface area (Å²) in [5.74, 6) is -10.1. The highest BCUT2D eigenvalue weighted by Gasteiger charge is 2.69. The van der Waals surface area contributed by atoms with E-state index in [-0.39, 0.29) is 17.7 Å². The summed E-state index contributed by atoms with van der Waals surface area (Å²) in [7, 11) is 3.14. The number of aryl methyl sites for hydroxylation is 1. The maximum atomic E-state index is 13.7. The average molecular weight is 485 g/mol. The zero-order chi connectivity index (χ0) is 25.8. The summed E-state index contributed by atoms with van der Waals surface area (Å²) in [6.45, 7) is 2.09. The third-order valence-corrected chi connectivity index (χ3v) is 8.09. The number of nitrogens with two attached hydrogens (primary N) is 1. The summed E-state index contributed by atoms with van der Waals surface area (Å²) < 4.78 is 0. The second-order valence-corrected chi connectivity index (χ2v) is 10.3. The predicted octanol–water partition coefficient (Wildman–Crippen LogP) is 0.600. The van der Waals surface area contributed by atoms with E-state index in [1.54, 1.807) is 20.2 Å². The van der Waals surface area contributed by atoms with Gasteiger partial charge in [0.05, 0.1) is 17.5 Å². The standard InChI is InChI=1S/C26H32N2O7/c1-4-5-6-7-12-8-9-16(29)18-14(12)10-13-11-15-20(28(2)3)22(31)19(25(27)34)24(33)26(15,35)23(32)17(13)21(18)30/h8-9,13,15,17,19-20,29,35H,4-7,10-11H2,1-3H3,(H2,27,34)/t13-,15+,17?,19?,20-,26-/m0/s1. The number of aromatic hydroxyl groups is 1. The number of primary amides is 1. The molecular formula is C26H32N2O7. The molecule has 3 aliphatic carbocycles. The summed E-state index contributed by atoms with van der Waals surface area (Å²) in [4.78, 5) is 67.2. The van der Waals surface area contributed by atoms with E-state index in [0.717, 1.165) is 31.2 Å². The van der Waals surface area contributed by atoms with Crippen LogP contribution in [0.15, 0.2) is 12.1 Å². The second kappa shape index (κ2) is 8.95. The van der Waals surface area contributed by atoms with Gasteiger partial charge < -0.3 is 15.9 Å². The van der Waals surface area contributed by atoms with Gasteiger partial charge in [-0.25, -0.2) is 0 Å². The quantitative estimate of drug-likeness (QED) is 0.392. The van der Waals surface area contributed by atoms with Gasteiger partial charge in [-0.05, 0) is 62.9 Å². The van der Waals surface area contributed by atoms with Crippen LogP contribution >= 0.6 is 0 Å². The highest BCUT2D eigenvalue weighted by molar-refractivity contribution is 6.32. The van der Waals surface area contributed by atoms with Gasteiger partial charge in [-0.1, -0.05) is 25.8 Å². The first-order chi connectivity index (χ1) is 16.5. The second-order valence-electron chi connectivity index (χ2n) is 10.3. The Kier molecular flexibility index (Phi) is 6.44. The molecule has 0 saturated heterocycles. The Balaban J connectivity index is 1.81. The van der Waals surface area contributed by atoms with E-state index in [1.165, 1.54) is 11.0 Å². The van der Waals surface area contributed by atoms with Gasteiger partial charge in [-0.3, -0.25) is 28.9 Å². The van der Waals surface area contributed by atoms with E-state index in [0.29, 0.717) is 12.0 Å². The number of fused-ring (bicyclic) bond motifs is 3. The molecule has 3 aliphatic rings. The molecule has 1 aromatic rings. The van der Waals surface area contributed by atoms with E-state index in [9.17, 15) is 34.2 Å². The van der Waals surface area contributed by atoms with Crippen molar-refractivity contribution in [3.8, 4) is 5.75 Å². The number of hydrogen-bond acceptors (Lipinski definition) is 8. The number of amides is 1. The van der Waals surface area contributed by atoms with Gasteiger partial charge in [0.2, 0.25) is 5.91 Å². The number of carbonyl (C=O) groups excluding carboxylic acids is 5. The minimum Gasteiger partial charge on any atom is -0.507 e. The highest BCUT2D eigenvalue weighted by Crippen LogP contribution is 2.51. The number of Topliss-reactive ketones (excluding diaryl/α,β-unsaturated/α-hetero) is 4. The maximum absolute atomic E-state index is 13.7. The minimum atomic E-state index is -2.69. The number of carbonyl (C=O) groups is 5. The van der Waals surface area contributed by atoms with Crippen LogP contribution in [0.4, 0.5) is 0 Å². The Morgan fingerprint density at radius 3 is 2.43 bits per heavy atom. The molecule has 0 aliphatic heterocycles. The molecule has 0 heterocycles. The van der Waals surface area contributed by atoms with Crippen LogP contribution in [0.5, 0.6) is 5.75 Å². The van der Waals surface area contributed by atoms with Crippen molar-refractivity contribution in [2.75, 3.05) is 14.1 Å². The number of ketones is 4. The fourth-order valence-corrected chi connectivity index (χ4v) is 6.47. The molecule has 0 spiro atoms. The van der Waals surface area contributed by atoms with Crippen LogP contribution < -0.4 is 5.73 Å². The van der Waals surface area contributed by atoms with Gasteiger partial charge in [0.1, 0.15) is 5.75 Å². The minimum absolute atomic E-state index is 0.0607. The molecule has 0 bridgehead atoms. The van der Waals surface area contributed by atoms with Crippen LogP contribution in [0.3, 0.4) is 0 Å². The Morgan fingerprint density at radius 2 is 1.83 bits per heavy atom. The smallest absolute Gasteiger partial charge is 0.235 e. The van der Waals surface area contributed by atoms with Gasteiger partial charge in [0.15, 0.2) is 34.7 Å². The third-order valence-electron chi connectivity index (χ3n) is 8.09. The Morgan fingerprint density at radius 1 is 1.14 bits per heavy atom. The van der Waals surface area contributed by atoms with Crippen molar-refractivity contribution < 1.29 is 34.2 Å². The van der Waals surface area contributed by atoms with E-state index in [2.05, 4.69) is 6.92 Å². The zero-order valence-corrected chi connectivity index (χ0v) is 20.2. The first-order valence-corrected chi connectivity index (χ1v) is 12.1. The van der Waals surface area contributed by atoms with Gasteiger partial charge >= 0.3 is 0 Å². The van der Waals surface area contributed by atoms with Crippen molar-refractivity contribution in [3.63, 3.8) is 0 Å². The molecule has 2 unspecified atom stereocenters. The summed E-state index contributed by atoms with van der Waals surface area (Å²) in [5, 5.41) is 22.1. The number of phenolic OH excluding ortho intramolecular Hbond substituents is 1. The molecule has 6 atom stereocenters. The monoisotopic (exact) mass is 484 g/mol. The first kappa shape index (κ1) is 25.2. The van der Waals surface area contributed by atoms with Crippen LogP contribution in [0.1, 0.15) is 54.1 Å². The fraction of sp³-hybridized carbons (Fsp3) is 0.577. The summed E-state index contributed by atoms with van der Waals surface area (Å²) in [6, 6.07) is 2.15. The van der Waals surface area contributed by atoms with Gasteiger partial charge in [0.25, 0.3) is 0 Å². The van der Waals surface area contributed by atoms with Crippen molar-refractivity contribution in [1.29, 1.82) is 0 Å². The maximum Gasteiger partial charge on any atom is 0.235 e. The van der Waals surface area contributed by atoms with Crippen molar-refractivity contribution in [1.82, 2.24) is 4.90 Å². The van der Waals surface area contributed by atoms with Crippen LogP contribution in [0.2, 0.25) is 0 Å².